The van der Waals surface area contributed by atoms with Crippen molar-refractivity contribution in [2.24, 2.45) is 5.92 Å². The van der Waals surface area contributed by atoms with Crippen LogP contribution in [0.25, 0.3) is 10.9 Å². The second-order valence-electron chi connectivity index (χ2n) is 10.3. The smallest absolute Gasteiger partial charge is 0.361 e. The molecule has 3 aromatic rings. The molecule has 0 saturated carbocycles. The number of hydrogen-bond acceptors (Lipinski definition) is 4. The van der Waals surface area contributed by atoms with Crippen LogP contribution in [0.2, 0.25) is 0 Å². The number of carbonyl (C=O) groups excluding carboxylic acids is 4. The number of nitrogens with one attached hydrogen (secondary N) is 3. The van der Waals surface area contributed by atoms with E-state index in [9.17, 15) is 58.7 Å². The van der Waals surface area contributed by atoms with Gasteiger partial charge >= 0.3 is 18.5 Å². The van der Waals surface area contributed by atoms with Gasteiger partial charge < -0.3 is 20.5 Å². The number of Topliss-reactive ketones (excluding diaryl/α,β-unsaturated/α-hetero) is 1. The Morgan fingerprint density at radius 2 is 1.56 bits per heavy atom. The average molecular weight is 650 g/mol. The Balaban J connectivity index is 1.67. The zero-order chi connectivity index (χ0) is 33.5. The molecule has 1 aromatic heterocycles. The Morgan fingerprint density at radius 1 is 0.956 bits per heavy atom. The number of ketones is 1. The molecule has 1 aliphatic rings. The van der Waals surface area contributed by atoms with E-state index in [2.05, 4.69) is 15.6 Å². The molecule has 3 amide bonds. The third-order valence-electron chi connectivity index (χ3n) is 7.10. The first-order valence-corrected chi connectivity index (χ1v) is 13.1. The monoisotopic (exact) mass is 650 g/mol. The summed E-state index contributed by atoms with van der Waals surface area (Å²) in [4.78, 5) is 55.0. The normalized spacial score (nSPS) is 16.9. The lowest BCUT2D eigenvalue weighted by Gasteiger charge is -2.31. The summed E-state index contributed by atoms with van der Waals surface area (Å²) in [6.07, 6.45) is -16.6. The van der Waals surface area contributed by atoms with Gasteiger partial charge in [-0.1, -0.05) is 18.2 Å². The van der Waals surface area contributed by atoms with E-state index in [-0.39, 0.29) is 18.6 Å². The Hall–Kier alpha value is -4.57. The number of aromatic amines is 1. The lowest BCUT2D eigenvalue weighted by atomic mass is 9.92. The third kappa shape index (κ3) is 7.39. The van der Waals surface area contributed by atoms with Crippen molar-refractivity contribution < 1.29 is 58.7 Å². The summed E-state index contributed by atoms with van der Waals surface area (Å²) in [5.41, 5.74) is -8.06. The van der Waals surface area contributed by atoms with Crippen LogP contribution in [-0.4, -0.2) is 52.5 Å². The third-order valence-corrected chi connectivity index (χ3v) is 7.10. The van der Waals surface area contributed by atoms with Crippen LogP contribution in [0.5, 0.6) is 0 Å². The molecule has 2 heterocycles. The number of hydrogen-bond donors (Lipinski definition) is 3. The Morgan fingerprint density at radius 3 is 2.13 bits per heavy atom. The molecule has 1 saturated heterocycles. The van der Waals surface area contributed by atoms with Gasteiger partial charge in [0.05, 0.1) is 23.2 Å². The van der Waals surface area contributed by atoms with Crippen LogP contribution in [0, 0.1) is 5.92 Å². The molecule has 4 rings (SSSR count). The van der Waals surface area contributed by atoms with Gasteiger partial charge in [0, 0.05) is 23.6 Å². The summed E-state index contributed by atoms with van der Waals surface area (Å²) in [5, 5.41) is 5.00. The first-order chi connectivity index (χ1) is 20.8. The topological polar surface area (TPSA) is 111 Å². The van der Waals surface area contributed by atoms with Gasteiger partial charge in [0.15, 0.2) is 5.78 Å². The number of piperazine rings is 1. The highest BCUT2D eigenvalue weighted by Crippen LogP contribution is 2.47. The molecule has 2 unspecified atom stereocenters. The first-order valence-electron chi connectivity index (χ1n) is 13.1. The van der Waals surface area contributed by atoms with Crippen molar-refractivity contribution in [1.29, 1.82) is 0 Å². The number of halogens is 9. The summed E-state index contributed by atoms with van der Waals surface area (Å²) < 4.78 is 121. The molecule has 1 aliphatic heterocycles. The highest BCUT2D eigenvalue weighted by molar-refractivity contribution is 6.05. The number of aromatic nitrogens is 1. The number of fused-ring (bicyclic) bond motifs is 1. The predicted octanol–water partition coefficient (Wildman–Crippen LogP) is 4.62. The first kappa shape index (κ1) is 33.3. The van der Waals surface area contributed by atoms with Crippen LogP contribution < -0.4 is 10.6 Å². The molecule has 1 fully saturated rings. The van der Waals surface area contributed by atoms with Crippen LogP contribution in [0.4, 0.5) is 39.5 Å². The number of nitrogens with zero attached hydrogens (tertiary/aromatic N) is 1. The molecule has 0 radical (unpaired) electrons. The van der Waals surface area contributed by atoms with E-state index in [1.807, 2.05) is 0 Å². The van der Waals surface area contributed by atoms with Crippen molar-refractivity contribution in [3.05, 3.63) is 70.4 Å². The molecular formula is C28H23F9N4O4. The van der Waals surface area contributed by atoms with Crippen molar-refractivity contribution in [3.63, 3.8) is 0 Å². The largest absolute Gasteiger partial charge is 0.417 e. The van der Waals surface area contributed by atoms with Crippen molar-refractivity contribution in [2.45, 2.75) is 44.5 Å². The highest BCUT2D eigenvalue weighted by atomic mass is 19.4. The summed E-state index contributed by atoms with van der Waals surface area (Å²) in [6, 6.07) is 5.40. The van der Waals surface area contributed by atoms with E-state index in [1.54, 1.807) is 24.3 Å². The predicted molar refractivity (Wildman–Crippen MR) is 138 cm³/mol. The Labute approximate surface area is 247 Å². The number of amides is 3. The van der Waals surface area contributed by atoms with Crippen LogP contribution in [0.1, 0.15) is 34.7 Å². The number of alkyl halides is 9. The molecule has 8 nitrogen and oxygen atoms in total. The summed E-state index contributed by atoms with van der Waals surface area (Å²) in [5.74, 6) is -4.99. The molecule has 0 spiro atoms. The summed E-state index contributed by atoms with van der Waals surface area (Å²) >= 11 is 0. The van der Waals surface area contributed by atoms with Crippen molar-refractivity contribution in [2.75, 3.05) is 13.1 Å². The molecular weight excluding hydrogens is 627 g/mol. The number of rotatable bonds is 8. The van der Waals surface area contributed by atoms with Crippen LogP contribution in [0.3, 0.4) is 0 Å². The van der Waals surface area contributed by atoms with E-state index in [0.717, 1.165) is 4.90 Å². The highest BCUT2D eigenvalue weighted by Gasteiger charge is 2.50. The Bertz CT molecular complexity index is 1610. The van der Waals surface area contributed by atoms with E-state index >= 15 is 0 Å². The standard InChI is InChI=1S/C28H23F9N4O4/c1-13-25(45)41(12-22(43)40-13)11-21(42)17(8-15-10-38-20-5-3-2-4-16(15)20)24(44)39-9-14-6-18(26(29,30)31)23(28(35,36)37)19(7-14)27(32,33)34/h2-7,10,13,17,38H,8-9,11-12H2,1H3,(H,39,44)(H,40,43). The number of H-pyrrole nitrogens is 1. The zero-order valence-corrected chi connectivity index (χ0v) is 23.0. The van der Waals surface area contributed by atoms with Crippen molar-refractivity contribution >= 4 is 34.4 Å². The van der Waals surface area contributed by atoms with E-state index < -0.39 is 95.9 Å². The van der Waals surface area contributed by atoms with Gasteiger partial charge in [-0.15, -0.1) is 0 Å². The molecule has 0 bridgehead atoms. The fourth-order valence-electron chi connectivity index (χ4n) is 5.05. The summed E-state index contributed by atoms with van der Waals surface area (Å²) in [6.45, 7) is -0.986. The van der Waals surface area contributed by atoms with Gasteiger partial charge in [-0.3, -0.25) is 19.2 Å². The van der Waals surface area contributed by atoms with Crippen LogP contribution in [0.15, 0.2) is 42.6 Å². The maximum atomic E-state index is 13.5. The molecule has 3 N–H and O–H groups in total. The lowest BCUT2D eigenvalue weighted by Crippen LogP contribution is -2.58. The SMILES string of the molecule is CC1NC(=O)CN(CC(=O)C(Cc2c[nH]c3ccccc23)C(=O)NCc2cc(C(F)(F)F)c(C(F)(F)F)c(C(F)(F)F)c2)C1=O. The van der Waals surface area contributed by atoms with Gasteiger partial charge in [-0.05, 0) is 42.7 Å². The molecule has 242 valence electrons. The van der Waals surface area contributed by atoms with Gasteiger partial charge in [0.25, 0.3) is 0 Å². The second kappa shape index (κ2) is 12.1. The van der Waals surface area contributed by atoms with Gasteiger partial charge in [-0.25, -0.2) is 0 Å². The molecule has 2 atom stereocenters. The zero-order valence-electron chi connectivity index (χ0n) is 23.0. The molecule has 17 heteroatoms. The summed E-state index contributed by atoms with van der Waals surface area (Å²) in [7, 11) is 0. The average Bonchev–Trinajstić information content (AvgIpc) is 3.33. The fourth-order valence-corrected chi connectivity index (χ4v) is 5.05. The number of para-hydroxylation sites is 1. The lowest BCUT2D eigenvalue weighted by molar-refractivity contribution is -0.174. The van der Waals surface area contributed by atoms with Gasteiger partial charge in [-0.2, -0.15) is 39.5 Å². The van der Waals surface area contributed by atoms with Crippen LogP contribution >= 0.6 is 0 Å². The van der Waals surface area contributed by atoms with Gasteiger partial charge in [0.2, 0.25) is 17.7 Å². The van der Waals surface area contributed by atoms with Crippen molar-refractivity contribution in [1.82, 2.24) is 20.5 Å². The molecule has 2 aromatic carbocycles. The van der Waals surface area contributed by atoms with E-state index in [0.29, 0.717) is 16.5 Å². The minimum absolute atomic E-state index is 0.152. The van der Waals surface area contributed by atoms with Crippen LogP contribution in [-0.2, 0) is 50.7 Å². The fraction of sp³-hybridized carbons (Fsp3) is 0.357. The van der Waals surface area contributed by atoms with Crippen molar-refractivity contribution in [3.8, 4) is 0 Å². The van der Waals surface area contributed by atoms with E-state index in [1.165, 1.54) is 13.1 Å². The van der Waals surface area contributed by atoms with Gasteiger partial charge in [0.1, 0.15) is 18.5 Å². The maximum absolute atomic E-state index is 13.5. The Kier molecular flexibility index (Phi) is 8.95. The quantitative estimate of drug-likeness (QED) is 0.244. The molecule has 45 heavy (non-hydrogen) atoms. The molecule has 0 aliphatic carbocycles. The maximum Gasteiger partial charge on any atom is 0.417 e. The number of benzene rings is 2. The number of carbonyl (C=O) groups is 4. The second-order valence-corrected chi connectivity index (χ2v) is 10.3. The minimum Gasteiger partial charge on any atom is -0.361 e. The van der Waals surface area contributed by atoms with E-state index in [4.69, 9.17) is 0 Å². The minimum atomic E-state index is -6.02.